The average molecular weight is 249 g/mol. The third-order valence-corrected chi connectivity index (χ3v) is 3.39. The Morgan fingerprint density at radius 1 is 1.50 bits per heavy atom. The van der Waals surface area contributed by atoms with Crippen LogP contribution < -0.4 is 15.2 Å². The molecule has 1 heterocycles. The van der Waals surface area contributed by atoms with Crippen LogP contribution in [0.1, 0.15) is 52.1 Å². The van der Waals surface area contributed by atoms with E-state index in [0.29, 0.717) is 0 Å². The lowest BCUT2D eigenvalue weighted by atomic mass is 9.90. The lowest BCUT2D eigenvalue weighted by molar-refractivity contribution is 0.0725. The smallest absolute Gasteiger partial charge is 0.125 e. The molecule has 1 aromatic rings. The van der Waals surface area contributed by atoms with Gasteiger partial charge in [0, 0.05) is 18.0 Å². The molecule has 0 aliphatic carbocycles. The minimum Gasteiger partial charge on any atom is -0.491 e. The highest BCUT2D eigenvalue weighted by atomic mass is 16.5. The summed E-state index contributed by atoms with van der Waals surface area (Å²) in [6.07, 6.45) is 2.04. The molecule has 18 heavy (non-hydrogen) atoms. The van der Waals surface area contributed by atoms with Crippen molar-refractivity contribution < 1.29 is 9.47 Å². The minimum atomic E-state index is -0.189. The van der Waals surface area contributed by atoms with Gasteiger partial charge in [-0.05, 0) is 45.4 Å². The summed E-state index contributed by atoms with van der Waals surface area (Å²) in [5.41, 5.74) is 7.08. The SMILES string of the molecule is CCC(C)Oc1ccc2c(c1)C(N)CC(C)(C)O2. The van der Waals surface area contributed by atoms with E-state index in [1.807, 2.05) is 18.2 Å². The second-order valence-corrected chi connectivity index (χ2v) is 5.71. The topological polar surface area (TPSA) is 44.5 Å². The number of hydrogen-bond donors (Lipinski definition) is 1. The first-order valence-electron chi connectivity index (χ1n) is 6.66. The van der Waals surface area contributed by atoms with Gasteiger partial charge in [-0.1, -0.05) is 6.92 Å². The van der Waals surface area contributed by atoms with Crippen molar-refractivity contribution in [3.8, 4) is 11.5 Å². The van der Waals surface area contributed by atoms with Crippen molar-refractivity contribution in [2.75, 3.05) is 0 Å². The monoisotopic (exact) mass is 249 g/mol. The van der Waals surface area contributed by atoms with Gasteiger partial charge in [-0.25, -0.2) is 0 Å². The van der Waals surface area contributed by atoms with Crippen molar-refractivity contribution in [2.45, 2.75) is 58.3 Å². The van der Waals surface area contributed by atoms with Crippen molar-refractivity contribution in [1.82, 2.24) is 0 Å². The highest BCUT2D eigenvalue weighted by molar-refractivity contribution is 5.44. The molecule has 2 atom stereocenters. The molecule has 3 heteroatoms. The molecule has 3 nitrogen and oxygen atoms in total. The van der Waals surface area contributed by atoms with Crippen LogP contribution in [0.5, 0.6) is 11.5 Å². The van der Waals surface area contributed by atoms with Crippen LogP contribution in [0.3, 0.4) is 0 Å². The Kier molecular flexibility index (Phi) is 3.53. The van der Waals surface area contributed by atoms with Crippen LogP contribution in [0, 0.1) is 0 Å². The highest BCUT2D eigenvalue weighted by Gasteiger charge is 2.32. The maximum atomic E-state index is 6.22. The first-order valence-corrected chi connectivity index (χ1v) is 6.66. The molecule has 0 spiro atoms. The maximum Gasteiger partial charge on any atom is 0.125 e. The van der Waals surface area contributed by atoms with Gasteiger partial charge >= 0.3 is 0 Å². The fourth-order valence-corrected chi connectivity index (χ4v) is 2.28. The van der Waals surface area contributed by atoms with E-state index in [-0.39, 0.29) is 17.7 Å². The molecule has 1 aliphatic heterocycles. The molecule has 0 saturated heterocycles. The molecule has 0 aromatic heterocycles. The van der Waals surface area contributed by atoms with Crippen LogP contribution in [0.15, 0.2) is 18.2 Å². The average Bonchev–Trinajstić information content (AvgIpc) is 2.28. The Morgan fingerprint density at radius 3 is 2.89 bits per heavy atom. The van der Waals surface area contributed by atoms with Crippen molar-refractivity contribution >= 4 is 0 Å². The van der Waals surface area contributed by atoms with Gasteiger partial charge in [0.25, 0.3) is 0 Å². The van der Waals surface area contributed by atoms with E-state index in [4.69, 9.17) is 15.2 Å². The van der Waals surface area contributed by atoms with Crippen molar-refractivity contribution in [2.24, 2.45) is 5.73 Å². The van der Waals surface area contributed by atoms with Crippen LogP contribution in [-0.2, 0) is 0 Å². The molecule has 2 unspecified atom stereocenters. The van der Waals surface area contributed by atoms with E-state index in [2.05, 4.69) is 27.7 Å². The van der Waals surface area contributed by atoms with E-state index < -0.39 is 0 Å². The number of nitrogens with two attached hydrogens (primary N) is 1. The molecular weight excluding hydrogens is 226 g/mol. The molecule has 2 rings (SSSR count). The molecule has 0 bridgehead atoms. The number of rotatable bonds is 3. The molecule has 0 saturated carbocycles. The number of benzene rings is 1. The lowest BCUT2D eigenvalue weighted by Crippen LogP contribution is -2.37. The summed E-state index contributed by atoms with van der Waals surface area (Å²) < 4.78 is 11.8. The summed E-state index contributed by atoms with van der Waals surface area (Å²) in [6, 6.07) is 5.96. The predicted octanol–water partition coefficient (Wildman–Crippen LogP) is 3.42. The van der Waals surface area contributed by atoms with Crippen molar-refractivity contribution in [3.63, 3.8) is 0 Å². The third kappa shape index (κ3) is 2.78. The zero-order valence-electron chi connectivity index (χ0n) is 11.7. The van der Waals surface area contributed by atoms with Crippen molar-refractivity contribution in [3.05, 3.63) is 23.8 Å². The number of ether oxygens (including phenoxy) is 2. The van der Waals surface area contributed by atoms with Gasteiger partial charge in [0.2, 0.25) is 0 Å². The first kappa shape index (κ1) is 13.2. The minimum absolute atomic E-state index is 0.0178. The van der Waals surface area contributed by atoms with E-state index >= 15 is 0 Å². The quantitative estimate of drug-likeness (QED) is 0.892. The molecule has 100 valence electrons. The van der Waals surface area contributed by atoms with Crippen LogP contribution in [-0.4, -0.2) is 11.7 Å². The summed E-state index contributed by atoms with van der Waals surface area (Å²) in [5, 5.41) is 0. The number of hydrogen-bond acceptors (Lipinski definition) is 3. The van der Waals surface area contributed by atoms with Gasteiger partial charge in [-0.15, -0.1) is 0 Å². The summed E-state index contributed by atoms with van der Waals surface area (Å²) >= 11 is 0. The Labute approximate surface area is 109 Å². The van der Waals surface area contributed by atoms with Gasteiger partial charge in [0.15, 0.2) is 0 Å². The van der Waals surface area contributed by atoms with Crippen LogP contribution in [0.2, 0.25) is 0 Å². The zero-order valence-corrected chi connectivity index (χ0v) is 11.7. The molecule has 0 radical (unpaired) electrons. The second-order valence-electron chi connectivity index (χ2n) is 5.71. The van der Waals surface area contributed by atoms with Gasteiger partial charge in [-0.2, -0.15) is 0 Å². The fourth-order valence-electron chi connectivity index (χ4n) is 2.28. The molecule has 1 aliphatic rings. The molecule has 0 fully saturated rings. The Bertz CT molecular complexity index is 429. The van der Waals surface area contributed by atoms with Gasteiger partial charge in [0.1, 0.15) is 17.1 Å². The molecular formula is C15H23NO2. The Morgan fingerprint density at radius 2 is 2.22 bits per heavy atom. The van der Waals surface area contributed by atoms with Crippen LogP contribution >= 0.6 is 0 Å². The molecule has 1 aromatic carbocycles. The second kappa shape index (κ2) is 4.81. The van der Waals surface area contributed by atoms with Gasteiger partial charge in [-0.3, -0.25) is 0 Å². The fraction of sp³-hybridized carbons (Fsp3) is 0.600. The van der Waals surface area contributed by atoms with E-state index in [0.717, 1.165) is 29.9 Å². The largest absolute Gasteiger partial charge is 0.491 e. The first-order chi connectivity index (χ1) is 8.41. The van der Waals surface area contributed by atoms with Crippen LogP contribution in [0.25, 0.3) is 0 Å². The third-order valence-electron chi connectivity index (χ3n) is 3.39. The van der Waals surface area contributed by atoms with E-state index in [9.17, 15) is 0 Å². The van der Waals surface area contributed by atoms with E-state index in [1.54, 1.807) is 0 Å². The van der Waals surface area contributed by atoms with Gasteiger partial charge in [0.05, 0.1) is 6.10 Å². The highest BCUT2D eigenvalue weighted by Crippen LogP contribution is 2.39. The normalized spacial score (nSPS) is 22.8. The summed E-state index contributed by atoms with van der Waals surface area (Å²) in [7, 11) is 0. The summed E-state index contributed by atoms with van der Waals surface area (Å²) in [5.74, 6) is 1.76. The summed E-state index contributed by atoms with van der Waals surface area (Å²) in [4.78, 5) is 0. The number of fused-ring (bicyclic) bond motifs is 1. The van der Waals surface area contributed by atoms with Crippen molar-refractivity contribution in [1.29, 1.82) is 0 Å². The van der Waals surface area contributed by atoms with Crippen LogP contribution in [0.4, 0.5) is 0 Å². The Balaban J connectivity index is 2.25. The standard InChI is InChI=1S/C15H23NO2/c1-5-10(2)17-11-6-7-14-12(8-11)13(16)9-15(3,4)18-14/h6-8,10,13H,5,9,16H2,1-4H3. The molecule has 0 amide bonds. The van der Waals surface area contributed by atoms with E-state index in [1.165, 1.54) is 0 Å². The Hall–Kier alpha value is -1.22. The predicted molar refractivity (Wildman–Crippen MR) is 73.1 cm³/mol. The van der Waals surface area contributed by atoms with Gasteiger partial charge < -0.3 is 15.2 Å². The zero-order chi connectivity index (χ0) is 13.3. The molecule has 2 N–H and O–H groups in total. The maximum absolute atomic E-state index is 6.22. The lowest BCUT2D eigenvalue weighted by Gasteiger charge is -2.36. The summed E-state index contributed by atoms with van der Waals surface area (Å²) in [6.45, 7) is 8.32.